The second-order valence-electron chi connectivity index (χ2n) is 6.97. The zero-order valence-electron chi connectivity index (χ0n) is 13.0. The van der Waals surface area contributed by atoms with Crippen molar-refractivity contribution in [1.82, 2.24) is 4.90 Å². The monoisotopic (exact) mass is 305 g/mol. The van der Waals surface area contributed by atoms with E-state index >= 15 is 0 Å². The van der Waals surface area contributed by atoms with Crippen molar-refractivity contribution in [2.45, 2.75) is 55.3 Å². The molecule has 1 aliphatic carbocycles. The first-order valence-corrected chi connectivity index (χ1v) is 8.53. The van der Waals surface area contributed by atoms with Crippen LogP contribution >= 0.6 is 11.8 Å². The van der Waals surface area contributed by atoms with Gasteiger partial charge in [0.25, 0.3) is 0 Å². The minimum Gasteiger partial charge on any atom is -0.444 e. The van der Waals surface area contributed by atoms with Crippen molar-refractivity contribution in [3.05, 3.63) is 29.8 Å². The van der Waals surface area contributed by atoms with E-state index in [4.69, 9.17) is 4.74 Å². The first-order chi connectivity index (χ1) is 9.90. The molecule has 0 aromatic heterocycles. The molecule has 0 bridgehead atoms. The van der Waals surface area contributed by atoms with E-state index in [1.807, 2.05) is 32.5 Å². The van der Waals surface area contributed by atoms with Gasteiger partial charge in [-0.15, -0.1) is 11.8 Å². The zero-order valence-corrected chi connectivity index (χ0v) is 13.8. The van der Waals surface area contributed by atoms with E-state index in [-0.39, 0.29) is 6.09 Å². The molecule has 0 spiro atoms. The van der Waals surface area contributed by atoms with Crippen molar-refractivity contribution in [1.29, 1.82) is 0 Å². The first-order valence-electron chi connectivity index (χ1n) is 7.65. The number of ether oxygens (including phenoxy) is 1. The minimum atomic E-state index is -0.413. The number of thioether (sulfide) groups is 1. The van der Waals surface area contributed by atoms with Crippen LogP contribution in [0.3, 0.4) is 0 Å². The summed E-state index contributed by atoms with van der Waals surface area (Å²) in [6, 6.07) is 8.85. The average molecular weight is 305 g/mol. The molecule has 0 radical (unpaired) electrons. The normalized spacial score (nSPS) is 19.3. The molecule has 1 heterocycles. The summed E-state index contributed by atoms with van der Waals surface area (Å²) in [6.07, 6.45) is 2.53. The molecule has 114 valence electrons. The van der Waals surface area contributed by atoms with Crippen molar-refractivity contribution in [3.8, 4) is 0 Å². The fourth-order valence-corrected chi connectivity index (χ4v) is 3.41. The van der Waals surface area contributed by atoms with Gasteiger partial charge in [-0.1, -0.05) is 12.1 Å². The maximum Gasteiger partial charge on any atom is 0.410 e. The number of likely N-dealkylation sites (tertiary alicyclic amines) is 1. The highest BCUT2D eigenvalue weighted by Gasteiger charge is 2.34. The van der Waals surface area contributed by atoms with Gasteiger partial charge >= 0.3 is 6.09 Å². The van der Waals surface area contributed by atoms with Gasteiger partial charge in [0.2, 0.25) is 0 Å². The molecular formula is C17H23NO2S. The molecule has 1 aliphatic heterocycles. The summed E-state index contributed by atoms with van der Waals surface area (Å²) in [4.78, 5) is 15.0. The van der Waals surface area contributed by atoms with E-state index < -0.39 is 5.60 Å². The van der Waals surface area contributed by atoms with Gasteiger partial charge in [-0.2, -0.15) is 0 Å². The van der Waals surface area contributed by atoms with E-state index in [0.717, 1.165) is 18.3 Å². The van der Waals surface area contributed by atoms with Gasteiger partial charge in [0.05, 0.1) is 0 Å². The third kappa shape index (κ3) is 3.94. The van der Waals surface area contributed by atoms with E-state index in [0.29, 0.717) is 5.92 Å². The van der Waals surface area contributed by atoms with Gasteiger partial charge in [-0.05, 0) is 51.3 Å². The Hall–Kier alpha value is -1.16. The summed E-state index contributed by atoms with van der Waals surface area (Å²) >= 11 is 1.98. The Morgan fingerprint density at radius 2 is 1.81 bits per heavy atom. The molecule has 1 amide bonds. The fourth-order valence-electron chi connectivity index (χ4n) is 2.36. The zero-order chi connectivity index (χ0) is 15.0. The molecule has 3 nitrogen and oxygen atoms in total. The van der Waals surface area contributed by atoms with Crippen LogP contribution in [-0.2, 0) is 4.74 Å². The molecule has 1 saturated heterocycles. The highest BCUT2D eigenvalue weighted by molar-refractivity contribution is 8.00. The summed E-state index contributed by atoms with van der Waals surface area (Å²) in [5, 5.41) is 0.849. The van der Waals surface area contributed by atoms with Gasteiger partial charge in [0, 0.05) is 29.2 Å². The molecule has 3 rings (SSSR count). The Kier molecular flexibility index (Phi) is 3.91. The van der Waals surface area contributed by atoms with Crippen LogP contribution in [-0.4, -0.2) is 34.9 Å². The number of hydrogen-bond donors (Lipinski definition) is 0. The van der Waals surface area contributed by atoms with E-state index in [9.17, 15) is 4.79 Å². The SMILES string of the molecule is CC(C)(C)OC(=O)N1CC(c2ccc(SC3CC3)cc2)C1. The molecule has 0 unspecified atom stereocenters. The highest BCUT2D eigenvalue weighted by Crippen LogP contribution is 2.39. The third-order valence-corrected chi connectivity index (χ3v) is 5.06. The standard InChI is InChI=1S/C17H23NO2S/c1-17(2,3)20-16(19)18-10-13(11-18)12-4-6-14(7-5-12)21-15-8-9-15/h4-7,13,15H,8-11H2,1-3H3. The predicted octanol–water partition coefficient (Wildman–Crippen LogP) is 4.28. The van der Waals surface area contributed by atoms with Crippen LogP contribution in [0.4, 0.5) is 4.79 Å². The van der Waals surface area contributed by atoms with Gasteiger partial charge in [0.15, 0.2) is 0 Å². The number of benzene rings is 1. The Labute approximate surface area is 131 Å². The van der Waals surface area contributed by atoms with Gasteiger partial charge < -0.3 is 9.64 Å². The lowest BCUT2D eigenvalue weighted by molar-refractivity contribution is 0.00819. The van der Waals surface area contributed by atoms with Gasteiger partial charge in [-0.25, -0.2) is 4.79 Å². The molecule has 1 aromatic carbocycles. The van der Waals surface area contributed by atoms with Crippen molar-refractivity contribution in [2.24, 2.45) is 0 Å². The van der Waals surface area contributed by atoms with Crippen molar-refractivity contribution in [2.75, 3.05) is 13.1 Å². The Balaban J connectivity index is 1.50. The molecule has 0 N–H and O–H groups in total. The molecule has 0 atom stereocenters. The molecule has 2 fully saturated rings. The van der Waals surface area contributed by atoms with E-state index in [1.54, 1.807) is 4.90 Å². The lowest BCUT2D eigenvalue weighted by Gasteiger charge is -2.40. The third-order valence-electron chi connectivity index (χ3n) is 3.71. The summed E-state index contributed by atoms with van der Waals surface area (Å²) in [5.74, 6) is 0.456. The number of rotatable bonds is 3. The Bertz CT molecular complexity index is 511. The molecule has 1 saturated carbocycles. The van der Waals surface area contributed by atoms with E-state index in [2.05, 4.69) is 24.3 Å². The van der Waals surface area contributed by atoms with Gasteiger partial charge in [0.1, 0.15) is 5.60 Å². The second kappa shape index (κ2) is 5.56. The molecule has 21 heavy (non-hydrogen) atoms. The topological polar surface area (TPSA) is 29.5 Å². The first kappa shape index (κ1) is 14.8. The number of hydrogen-bond acceptors (Lipinski definition) is 3. The van der Waals surface area contributed by atoms with Crippen LogP contribution < -0.4 is 0 Å². The van der Waals surface area contributed by atoms with Crippen LogP contribution in [0.25, 0.3) is 0 Å². The molecule has 4 heteroatoms. The van der Waals surface area contributed by atoms with E-state index in [1.165, 1.54) is 23.3 Å². The molecular weight excluding hydrogens is 282 g/mol. The summed E-state index contributed by atoms with van der Waals surface area (Å²) in [6.45, 7) is 7.24. The average Bonchev–Trinajstić information content (AvgIpc) is 3.11. The van der Waals surface area contributed by atoms with Crippen molar-refractivity contribution < 1.29 is 9.53 Å². The lowest BCUT2D eigenvalue weighted by atomic mass is 9.92. The number of carbonyl (C=O) groups excluding carboxylic acids is 1. The summed E-state index contributed by atoms with van der Waals surface area (Å²) in [5.41, 5.74) is 0.916. The number of carbonyl (C=O) groups is 1. The largest absolute Gasteiger partial charge is 0.444 e. The van der Waals surface area contributed by atoms with Crippen LogP contribution in [0.1, 0.15) is 45.1 Å². The van der Waals surface area contributed by atoms with Crippen LogP contribution in [0, 0.1) is 0 Å². The Morgan fingerprint density at radius 1 is 1.19 bits per heavy atom. The van der Waals surface area contributed by atoms with Crippen LogP contribution in [0.5, 0.6) is 0 Å². The molecule has 1 aromatic rings. The second-order valence-corrected chi connectivity index (χ2v) is 8.34. The number of nitrogens with zero attached hydrogens (tertiary/aromatic N) is 1. The summed E-state index contributed by atoms with van der Waals surface area (Å²) < 4.78 is 5.38. The lowest BCUT2D eigenvalue weighted by Crippen LogP contribution is -2.50. The van der Waals surface area contributed by atoms with Crippen molar-refractivity contribution >= 4 is 17.9 Å². The Morgan fingerprint density at radius 3 is 2.33 bits per heavy atom. The number of amides is 1. The molecule has 2 aliphatic rings. The predicted molar refractivity (Wildman–Crippen MR) is 85.9 cm³/mol. The van der Waals surface area contributed by atoms with Gasteiger partial charge in [-0.3, -0.25) is 0 Å². The quantitative estimate of drug-likeness (QED) is 0.835. The maximum atomic E-state index is 11.9. The van der Waals surface area contributed by atoms with Crippen LogP contribution in [0.2, 0.25) is 0 Å². The smallest absolute Gasteiger partial charge is 0.410 e. The summed E-state index contributed by atoms with van der Waals surface area (Å²) in [7, 11) is 0. The van der Waals surface area contributed by atoms with Crippen LogP contribution in [0.15, 0.2) is 29.2 Å². The van der Waals surface area contributed by atoms with Crippen molar-refractivity contribution in [3.63, 3.8) is 0 Å². The minimum absolute atomic E-state index is 0.195. The maximum absolute atomic E-state index is 11.9. The fraction of sp³-hybridized carbons (Fsp3) is 0.588. The highest BCUT2D eigenvalue weighted by atomic mass is 32.2.